The van der Waals surface area contributed by atoms with Gasteiger partial charge in [-0.25, -0.2) is 14.5 Å². The minimum Gasteiger partial charge on any atom is -0.439 e. The first kappa shape index (κ1) is 15.8. The summed E-state index contributed by atoms with van der Waals surface area (Å²) in [5, 5.41) is 7.59. The van der Waals surface area contributed by atoms with Crippen molar-refractivity contribution in [2.75, 3.05) is 19.7 Å². The molecule has 24 heavy (non-hydrogen) atoms. The van der Waals surface area contributed by atoms with Crippen LogP contribution in [-0.4, -0.2) is 42.6 Å². The van der Waals surface area contributed by atoms with Crippen LogP contribution in [0.5, 0.6) is 0 Å². The second kappa shape index (κ2) is 6.99. The molecule has 1 saturated heterocycles. The molecule has 3 rings (SSSR count). The van der Waals surface area contributed by atoms with E-state index in [1.54, 1.807) is 0 Å². The van der Waals surface area contributed by atoms with Crippen LogP contribution in [0.25, 0.3) is 10.8 Å². The van der Waals surface area contributed by atoms with Gasteiger partial charge in [-0.15, -0.1) is 0 Å². The molecule has 1 aliphatic heterocycles. The average Bonchev–Trinajstić information content (AvgIpc) is 2.92. The standard InChI is InChI=1S/C17H17N3O4/c21-15-11-24-17(23)20(15)9-8-18-16(22)19-10-13-6-3-5-12-4-1-2-7-14(12)13/h1-7H,8-11H2,(H2,18,19,22). The molecule has 0 saturated carbocycles. The van der Waals surface area contributed by atoms with Crippen molar-refractivity contribution in [3.63, 3.8) is 0 Å². The van der Waals surface area contributed by atoms with Crippen molar-refractivity contribution in [2.45, 2.75) is 6.54 Å². The lowest BCUT2D eigenvalue weighted by molar-refractivity contribution is -0.125. The molecule has 2 N–H and O–H groups in total. The van der Waals surface area contributed by atoms with Crippen LogP contribution in [0.2, 0.25) is 0 Å². The van der Waals surface area contributed by atoms with Crippen molar-refractivity contribution < 1.29 is 19.1 Å². The third kappa shape index (κ3) is 3.45. The van der Waals surface area contributed by atoms with Gasteiger partial charge in [0.05, 0.1) is 0 Å². The van der Waals surface area contributed by atoms with Crippen molar-refractivity contribution in [1.29, 1.82) is 0 Å². The maximum atomic E-state index is 11.8. The fourth-order valence-corrected chi connectivity index (χ4v) is 2.56. The lowest BCUT2D eigenvalue weighted by Crippen LogP contribution is -2.41. The number of nitrogens with zero attached hydrogens (tertiary/aromatic N) is 1. The Balaban J connectivity index is 1.49. The van der Waals surface area contributed by atoms with Gasteiger partial charge in [-0.3, -0.25) is 4.79 Å². The van der Waals surface area contributed by atoms with Gasteiger partial charge in [-0.2, -0.15) is 0 Å². The Hall–Kier alpha value is -3.09. The number of hydrogen-bond acceptors (Lipinski definition) is 4. The predicted molar refractivity (Wildman–Crippen MR) is 87.2 cm³/mol. The number of amides is 4. The van der Waals surface area contributed by atoms with E-state index in [-0.39, 0.29) is 25.7 Å². The zero-order valence-corrected chi connectivity index (χ0v) is 13.0. The van der Waals surface area contributed by atoms with Crippen LogP contribution in [0.1, 0.15) is 5.56 Å². The van der Waals surface area contributed by atoms with Gasteiger partial charge in [0.25, 0.3) is 5.91 Å². The first-order chi connectivity index (χ1) is 11.6. The molecular weight excluding hydrogens is 310 g/mol. The van der Waals surface area contributed by atoms with Crippen LogP contribution < -0.4 is 10.6 Å². The summed E-state index contributed by atoms with van der Waals surface area (Å²) in [4.78, 5) is 35.4. The Bertz CT molecular complexity index is 769. The van der Waals surface area contributed by atoms with E-state index in [0.29, 0.717) is 6.54 Å². The Morgan fingerprint density at radius 3 is 2.67 bits per heavy atom. The summed E-state index contributed by atoms with van der Waals surface area (Å²) in [6, 6.07) is 13.5. The normalized spacial score (nSPS) is 13.9. The van der Waals surface area contributed by atoms with Gasteiger partial charge in [0.15, 0.2) is 6.61 Å². The number of carbonyl (C=O) groups excluding carboxylic acids is 3. The number of ether oxygens (including phenoxy) is 1. The van der Waals surface area contributed by atoms with Crippen LogP contribution in [-0.2, 0) is 16.1 Å². The van der Waals surface area contributed by atoms with Crippen molar-refractivity contribution in [1.82, 2.24) is 15.5 Å². The van der Waals surface area contributed by atoms with Gasteiger partial charge in [0.2, 0.25) is 0 Å². The average molecular weight is 327 g/mol. The Morgan fingerprint density at radius 1 is 1.08 bits per heavy atom. The highest BCUT2D eigenvalue weighted by atomic mass is 16.6. The number of rotatable bonds is 5. The number of urea groups is 1. The molecule has 7 heteroatoms. The topological polar surface area (TPSA) is 87.7 Å². The van der Waals surface area contributed by atoms with Gasteiger partial charge < -0.3 is 15.4 Å². The van der Waals surface area contributed by atoms with Crippen LogP contribution in [0.15, 0.2) is 42.5 Å². The minimum atomic E-state index is -0.669. The van der Waals surface area contributed by atoms with Crippen molar-refractivity contribution in [2.24, 2.45) is 0 Å². The molecular formula is C17H17N3O4. The van der Waals surface area contributed by atoms with E-state index >= 15 is 0 Å². The van der Waals surface area contributed by atoms with Crippen LogP contribution in [0.3, 0.4) is 0 Å². The van der Waals surface area contributed by atoms with E-state index in [4.69, 9.17) is 0 Å². The molecule has 0 unspecified atom stereocenters. The summed E-state index contributed by atoms with van der Waals surface area (Å²) >= 11 is 0. The van der Waals surface area contributed by atoms with E-state index < -0.39 is 12.0 Å². The molecule has 124 valence electrons. The molecule has 0 atom stereocenters. The summed E-state index contributed by atoms with van der Waals surface area (Å²) in [5.41, 5.74) is 1.02. The highest BCUT2D eigenvalue weighted by molar-refractivity contribution is 5.97. The number of carbonyl (C=O) groups is 3. The molecule has 0 spiro atoms. The highest BCUT2D eigenvalue weighted by Gasteiger charge is 2.30. The SMILES string of the molecule is O=C(NCCN1C(=O)COC1=O)NCc1cccc2ccccc12. The van der Waals surface area contributed by atoms with E-state index in [0.717, 1.165) is 21.2 Å². The smallest absolute Gasteiger partial charge is 0.417 e. The largest absolute Gasteiger partial charge is 0.439 e. The summed E-state index contributed by atoms with van der Waals surface area (Å²) in [5.74, 6) is -0.391. The minimum absolute atomic E-state index is 0.0966. The maximum Gasteiger partial charge on any atom is 0.417 e. The zero-order chi connectivity index (χ0) is 16.9. The van der Waals surface area contributed by atoms with Crippen LogP contribution >= 0.6 is 0 Å². The quantitative estimate of drug-likeness (QED) is 0.873. The molecule has 4 amide bonds. The molecule has 1 fully saturated rings. The number of imide groups is 1. The lowest BCUT2D eigenvalue weighted by atomic mass is 10.0. The molecule has 1 heterocycles. The molecule has 0 bridgehead atoms. The lowest BCUT2D eigenvalue weighted by Gasteiger charge is -2.12. The summed E-state index contributed by atoms with van der Waals surface area (Å²) in [7, 11) is 0. The maximum absolute atomic E-state index is 11.8. The van der Waals surface area contributed by atoms with Gasteiger partial charge in [0, 0.05) is 19.6 Å². The first-order valence-electron chi connectivity index (χ1n) is 7.60. The van der Waals surface area contributed by atoms with E-state index in [1.165, 1.54) is 0 Å². The number of benzene rings is 2. The molecule has 0 aliphatic carbocycles. The fraction of sp³-hybridized carbons (Fsp3) is 0.235. The number of fused-ring (bicyclic) bond motifs is 1. The molecule has 2 aromatic carbocycles. The fourth-order valence-electron chi connectivity index (χ4n) is 2.56. The Morgan fingerprint density at radius 2 is 1.88 bits per heavy atom. The third-order valence-electron chi connectivity index (χ3n) is 3.78. The summed E-state index contributed by atoms with van der Waals surface area (Å²) in [6.07, 6.45) is -0.669. The summed E-state index contributed by atoms with van der Waals surface area (Å²) < 4.78 is 4.59. The number of cyclic esters (lactones) is 1. The Labute approximate surface area is 138 Å². The zero-order valence-electron chi connectivity index (χ0n) is 13.0. The monoisotopic (exact) mass is 327 g/mol. The number of nitrogens with one attached hydrogen (secondary N) is 2. The molecule has 1 aliphatic rings. The molecule has 0 radical (unpaired) electrons. The van der Waals surface area contributed by atoms with E-state index in [9.17, 15) is 14.4 Å². The second-order valence-electron chi connectivity index (χ2n) is 5.35. The van der Waals surface area contributed by atoms with E-state index in [2.05, 4.69) is 15.4 Å². The molecule has 0 aromatic heterocycles. The Kier molecular flexibility index (Phi) is 4.60. The highest BCUT2D eigenvalue weighted by Crippen LogP contribution is 2.18. The predicted octanol–water partition coefficient (Wildman–Crippen LogP) is 1.62. The van der Waals surface area contributed by atoms with Gasteiger partial charge >= 0.3 is 12.1 Å². The molecule has 7 nitrogen and oxygen atoms in total. The van der Waals surface area contributed by atoms with E-state index in [1.807, 2.05) is 42.5 Å². The van der Waals surface area contributed by atoms with Gasteiger partial charge in [-0.05, 0) is 16.3 Å². The van der Waals surface area contributed by atoms with Crippen LogP contribution in [0, 0.1) is 0 Å². The second-order valence-corrected chi connectivity index (χ2v) is 5.35. The first-order valence-corrected chi connectivity index (χ1v) is 7.60. The van der Waals surface area contributed by atoms with Crippen molar-refractivity contribution in [3.05, 3.63) is 48.0 Å². The van der Waals surface area contributed by atoms with Crippen LogP contribution in [0.4, 0.5) is 9.59 Å². The molecule has 2 aromatic rings. The van der Waals surface area contributed by atoms with Gasteiger partial charge in [-0.1, -0.05) is 42.5 Å². The third-order valence-corrected chi connectivity index (χ3v) is 3.78. The van der Waals surface area contributed by atoms with Crippen molar-refractivity contribution in [3.8, 4) is 0 Å². The van der Waals surface area contributed by atoms with Crippen molar-refractivity contribution >= 4 is 28.8 Å². The summed E-state index contributed by atoms with van der Waals surface area (Å²) in [6.45, 7) is 0.422. The number of hydrogen-bond donors (Lipinski definition) is 2. The van der Waals surface area contributed by atoms with Gasteiger partial charge in [0.1, 0.15) is 0 Å².